The minimum atomic E-state index is 0.312. The summed E-state index contributed by atoms with van der Waals surface area (Å²) in [5.74, 6) is 1.68. The molecule has 0 bridgehead atoms. The van der Waals surface area contributed by atoms with Gasteiger partial charge in [0, 0.05) is 24.6 Å². The third kappa shape index (κ3) is 2.49. The van der Waals surface area contributed by atoms with Gasteiger partial charge in [0.25, 0.3) is 0 Å². The summed E-state index contributed by atoms with van der Waals surface area (Å²) in [7, 11) is 1.63. The van der Waals surface area contributed by atoms with Crippen molar-refractivity contribution in [3.05, 3.63) is 59.2 Å². The molecule has 1 atom stereocenters. The monoisotopic (exact) mass is 269 g/mol. The lowest BCUT2D eigenvalue weighted by atomic mass is 9.77. The van der Waals surface area contributed by atoms with Crippen LogP contribution in [0.15, 0.2) is 42.5 Å². The van der Waals surface area contributed by atoms with Crippen LogP contribution in [0.3, 0.4) is 0 Å². The lowest BCUT2D eigenvalue weighted by molar-refractivity contribution is 0.409. The summed E-state index contributed by atoms with van der Waals surface area (Å²) >= 11 is 0. The zero-order chi connectivity index (χ0) is 13.9. The molecule has 2 aromatic carbocycles. The maximum Gasteiger partial charge on any atom is 0.120 e. The Bertz CT molecular complexity index is 610. The number of benzene rings is 2. The number of fused-ring (bicyclic) bond motifs is 1. The second-order valence-corrected chi connectivity index (χ2v) is 5.23. The van der Waals surface area contributed by atoms with E-state index in [-0.39, 0.29) is 0 Å². The fourth-order valence-electron chi connectivity index (χ4n) is 2.76. The Morgan fingerprint density at radius 1 is 1.25 bits per heavy atom. The van der Waals surface area contributed by atoms with E-state index >= 15 is 0 Å². The van der Waals surface area contributed by atoms with Crippen molar-refractivity contribution < 1.29 is 9.84 Å². The summed E-state index contributed by atoms with van der Waals surface area (Å²) in [6.07, 6.45) is 1.15. The molecule has 0 aromatic heterocycles. The molecule has 3 heteroatoms. The van der Waals surface area contributed by atoms with Crippen molar-refractivity contribution in [2.45, 2.75) is 18.9 Å². The van der Waals surface area contributed by atoms with Crippen LogP contribution in [0.1, 0.15) is 22.6 Å². The molecule has 20 heavy (non-hydrogen) atoms. The molecule has 3 nitrogen and oxygen atoms in total. The third-order valence-electron chi connectivity index (χ3n) is 3.95. The highest BCUT2D eigenvalue weighted by Gasteiger charge is 2.24. The molecule has 0 amide bonds. The minimum absolute atomic E-state index is 0.312. The number of hydrogen-bond donors (Lipinski definition) is 2. The first kappa shape index (κ1) is 13.0. The highest BCUT2D eigenvalue weighted by atomic mass is 16.5. The van der Waals surface area contributed by atoms with Gasteiger partial charge in [0.2, 0.25) is 0 Å². The summed E-state index contributed by atoms with van der Waals surface area (Å²) in [6.45, 7) is 1.59. The van der Waals surface area contributed by atoms with E-state index in [1.165, 1.54) is 11.1 Å². The predicted octanol–water partition coefficient (Wildman–Crippen LogP) is 2.83. The molecule has 104 valence electrons. The van der Waals surface area contributed by atoms with Crippen molar-refractivity contribution in [3.63, 3.8) is 0 Å². The van der Waals surface area contributed by atoms with Gasteiger partial charge in [-0.2, -0.15) is 0 Å². The number of rotatable bonds is 5. The number of phenols is 1. The van der Waals surface area contributed by atoms with Gasteiger partial charge in [-0.15, -0.1) is 0 Å². The number of aromatic hydroxyl groups is 1. The number of ether oxygens (including phenoxy) is 1. The van der Waals surface area contributed by atoms with Crippen LogP contribution in [0.5, 0.6) is 11.5 Å². The van der Waals surface area contributed by atoms with E-state index in [2.05, 4.69) is 29.6 Å². The number of phenolic OH excluding ortho intramolecular Hbond substituents is 1. The number of nitrogens with one attached hydrogen (secondary N) is 1. The number of hydrogen-bond acceptors (Lipinski definition) is 3. The first-order valence-electron chi connectivity index (χ1n) is 6.92. The minimum Gasteiger partial charge on any atom is -0.508 e. The molecule has 0 spiro atoms. The van der Waals surface area contributed by atoms with Crippen molar-refractivity contribution in [2.75, 3.05) is 13.7 Å². The molecule has 2 aromatic rings. The summed E-state index contributed by atoms with van der Waals surface area (Å²) in [5.41, 5.74) is 3.79. The Kier molecular flexibility index (Phi) is 3.61. The average molecular weight is 269 g/mol. The zero-order valence-electron chi connectivity index (χ0n) is 11.6. The second kappa shape index (κ2) is 5.55. The van der Waals surface area contributed by atoms with E-state index < -0.39 is 0 Å². The molecule has 1 unspecified atom stereocenters. The van der Waals surface area contributed by atoms with E-state index in [1.807, 2.05) is 6.07 Å². The molecule has 1 aliphatic carbocycles. The van der Waals surface area contributed by atoms with Crippen LogP contribution in [0, 0.1) is 0 Å². The molecule has 2 N–H and O–H groups in total. The van der Waals surface area contributed by atoms with Crippen LogP contribution in [0.2, 0.25) is 0 Å². The Hall–Kier alpha value is -2.00. The summed E-state index contributed by atoms with van der Waals surface area (Å²) in [5, 5.41) is 13.3. The Morgan fingerprint density at radius 2 is 2.10 bits per heavy atom. The molecule has 0 heterocycles. The first-order valence-corrected chi connectivity index (χ1v) is 6.92. The summed E-state index contributed by atoms with van der Waals surface area (Å²) in [6, 6.07) is 13.9. The predicted molar refractivity (Wildman–Crippen MR) is 79.3 cm³/mol. The van der Waals surface area contributed by atoms with Crippen molar-refractivity contribution >= 4 is 0 Å². The van der Waals surface area contributed by atoms with E-state index in [0.29, 0.717) is 18.2 Å². The van der Waals surface area contributed by atoms with Crippen molar-refractivity contribution in [1.82, 2.24) is 5.32 Å². The van der Waals surface area contributed by atoms with Gasteiger partial charge < -0.3 is 15.2 Å². The molecule has 0 radical (unpaired) electrons. The molecule has 0 fully saturated rings. The van der Waals surface area contributed by atoms with Crippen LogP contribution >= 0.6 is 0 Å². The SMILES string of the molecule is COc1ccc(O)c(CNCC2Cc3ccccc32)c1. The standard InChI is InChI=1S/C17H19NO2/c1-20-15-6-7-17(19)14(9-15)11-18-10-13-8-12-4-2-3-5-16(12)13/h2-7,9,13,18-19H,8,10-11H2,1H3. The number of methoxy groups -OCH3 is 1. The quantitative estimate of drug-likeness (QED) is 0.877. The highest BCUT2D eigenvalue weighted by Crippen LogP contribution is 2.34. The Labute approximate surface area is 119 Å². The average Bonchev–Trinajstić information content (AvgIpc) is 2.45. The Morgan fingerprint density at radius 3 is 2.90 bits per heavy atom. The summed E-state index contributed by atoms with van der Waals surface area (Å²) < 4.78 is 5.18. The lowest BCUT2D eigenvalue weighted by Crippen LogP contribution is -2.28. The topological polar surface area (TPSA) is 41.5 Å². The second-order valence-electron chi connectivity index (χ2n) is 5.23. The smallest absolute Gasteiger partial charge is 0.120 e. The van der Waals surface area contributed by atoms with Crippen LogP contribution in [0.25, 0.3) is 0 Å². The van der Waals surface area contributed by atoms with Gasteiger partial charge in [0.05, 0.1) is 7.11 Å². The molecular formula is C17H19NO2. The van der Waals surface area contributed by atoms with Crippen LogP contribution in [-0.2, 0) is 13.0 Å². The highest BCUT2D eigenvalue weighted by molar-refractivity contribution is 5.41. The molecular weight excluding hydrogens is 250 g/mol. The Balaban J connectivity index is 1.56. The third-order valence-corrected chi connectivity index (χ3v) is 3.95. The van der Waals surface area contributed by atoms with Crippen LogP contribution in [0.4, 0.5) is 0 Å². The van der Waals surface area contributed by atoms with E-state index in [0.717, 1.165) is 24.3 Å². The van der Waals surface area contributed by atoms with Crippen LogP contribution < -0.4 is 10.1 Å². The van der Waals surface area contributed by atoms with Gasteiger partial charge >= 0.3 is 0 Å². The van der Waals surface area contributed by atoms with E-state index in [1.54, 1.807) is 19.2 Å². The molecule has 0 saturated heterocycles. The maximum absolute atomic E-state index is 9.83. The van der Waals surface area contributed by atoms with Crippen molar-refractivity contribution in [1.29, 1.82) is 0 Å². The van der Waals surface area contributed by atoms with Gasteiger partial charge in [0.15, 0.2) is 0 Å². The molecule has 1 aliphatic rings. The van der Waals surface area contributed by atoms with Crippen molar-refractivity contribution in [3.8, 4) is 11.5 Å². The van der Waals surface area contributed by atoms with E-state index in [9.17, 15) is 5.11 Å². The van der Waals surface area contributed by atoms with E-state index in [4.69, 9.17) is 4.74 Å². The van der Waals surface area contributed by atoms with Crippen molar-refractivity contribution in [2.24, 2.45) is 0 Å². The normalized spacial score (nSPS) is 16.4. The fraction of sp³-hybridized carbons (Fsp3) is 0.294. The van der Waals surface area contributed by atoms with Crippen LogP contribution in [-0.4, -0.2) is 18.8 Å². The van der Waals surface area contributed by atoms with Gasteiger partial charge in [-0.3, -0.25) is 0 Å². The largest absolute Gasteiger partial charge is 0.508 e. The fourth-order valence-corrected chi connectivity index (χ4v) is 2.76. The first-order chi connectivity index (χ1) is 9.78. The van der Waals surface area contributed by atoms with Gasteiger partial charge in [-0.05, 0) is 35.7 Å². The lowest BCUT2D eigenvalue weighted by Gasteiger charge is -2.30. The maximum atomic E-state index is 9.83. The molecule has 0 saturated carbocycles. The zero-order valence-corrected chi connectivity index (χ0v) is 11.6. The summed E-state index contributed by atoms with van der Waals surface area (Å²) in [4.78, 5) is 0. The van der Waals surface area contributed by atoms with Gasteiger partial charge in [0.1, 0.15) is 11.5 Å². The van der Waals surface area contributed by atoms with Gasteiger partial charge in [-0.1, -0.05) is 24.3 Å². The molecule has 0 aliphatic heterocycles. The van der Waals surface area contributed by atoms with Gasteiger partial charge in [-0.25, -0.2) is 0 Å². The molecule has 3 rings (SSSR count).